The minimum atomic E-state index is -4.63. The lowest BCUT2D eigenvalue weighted by Crippen LogP contribution is -2.45. The standard InChI is InChI=1S/C19H18F3IN6O4/c20-19(21,22)6-25-17(32)14-12(30)13(31)18(33-14)29-8-28-11-15(26-7-27-16(11)29)24-5-9-2-1-3-10(23)4-9/h1-4,7-8,12-14,18,30-31H,5-6H2,(H,25,32)(H,24,26,27)/t12-,13+,14-,18+/m0/s1. The number of aromatic nitrogens is 4. The molecule has 1 saturated heterocycles. The molecule has 0 saturated carbocycles. The number of aliphatic hydroxyl groups is 2. The highest BCUT2D eigenvalue weighted by molar-refractivity contribution is 14.1. The molecule has 0 spiro atoms. The average molecular weight is 578 g/mol. The number of hydrogen-bond acceptors (Lipinski definition) is 8. The second kappa shape index (κ2) is 9.36. The van der Waals surface area contributed by atoms with Crippen molar-refractivity contribution in [2.45, 2.75) is 37.3 Å². The number of amides is 1. The topological polar surface area (TPSA) is 134 Å². The molecule has 1 aromatic carbocycles. The third-order valence-electron chi connectivity index (χ3n) is 4.94. The first kappa shape index (κ1) is 23.6. The van der Waals surface area contributed by atoms with E-state index >= 15 is 0 Å². The van der Waals surface area contributed by atoms with Crippen molar-refractivity contribution < 1.29 is 32.9 Å². The van der Waals surface area contributed by atoms with Crippen LogP contribution in [0.3, 0.4) is 0 Å². The first-order valence-electron chi connectivity index (χ1n) is 9.66. The van der Waals surface area contributed by atoms with Crippen LogP contribution in [0.5, 0.6) is 0 Å². The second-order valence-corrected chi connectivity index (χ2v) is 8.54. The Balaban J connectivity index is 1.52. The normalized spacial score (nSPS) is 23.1. The van der Waals surface area contributed by atoms with E-state index in [0.29, 0.717) is 17.9 Å². The van der Waals surface area contributed by atoms with Crippen LogP contribution in [0.15, 0.2) is 36.9 Å². The van der Waals surface area contributed by atoms with Crippen LogP contribution >= 0.6 is 22.6 Å². The number of fused-ring (bicyclic) bond motifs is 1. The van der Waals surface area contributed by atoms with E-state index in [1.807, 2.05) is 24.3 Å². The molecule has 176 valence electrons. The van der Waals surface area contributed by atoms with Gasteiger partial charge in [-0.3, -0.25) is 9.36 Å². The van der Waals surface area contributed by atoms with E-state index in [-0.39, 0.29) is 5.65 Å². The van der Waals surface area contributed by atoms with Crippen LogP contribution in [0.25, 0.3) is 11.2 Å². The van der Waals surface area contributed by atoms with E-state index in [2.05, 4.69) is 42.9 Å². The molecule has 1 amide bonds. The molecule has 0 radical (unpaired) electrons. The number of ether oxygens (including phenoxy) is 1. The third kappa shape index (κ3) is 5.18. The molecule has 1 aliphatic rings. The Hall–Kier alpha value is -2.56. The molecular weight excluding hydrogens is 560 g/mol. The monoisotopic (exact) mass is 578 g/mol. The number of imidazole rings is 1. The largest absolute Gasteiger partial charge is 0.405 e. The summed E-state index contributed by atoms with van der Waals surface area (Å²) in [5.41, 5.74) is 1.60. The van der Waals surface area contributed by atoms with Crippen LogP contribution in [-0.4, -0.2) is 66.7 Å². The molecule has 0 unspecified atom stereocenters. The summed E-state index contributed by atoms with van der Waals surface area (Å²) in [7, 11) is 0. The highest BCUT2D eigenvalue weighted by Crippen LogP contribution is 2.32. The number of anilines is 1. The van der Waals surface area contributed by atoms with E-state index in [0.717, 1.165) is 9.13 Å². The number of carbonyl (C=O) groups excluding carboxylic acids is 1. The Morgan fingerprint density at radius 2 is 2.00 bits per heavy atom. The number of halogens is 4. The van der Waals surface area contributed by atoms with E-state index < -0.39 is 43.2 Å². The van der Waals surface area contributed by atoms with Gasteiger partial charge in [0.1, 0.15) is 25.1 Å². The molecule has 2 aromatic heterocycles. The van der Waals surface area contributed by atoms with Crippen molar-refractivity contribution in [1.82, 2.24) is 24.8 Å². The molecule has 14 heteroatoms. The zero-order valence-corrected chi connectivity index (χ0v) is 18.9. The van der Waals surface area contributed by atoms with Gasteiger partial charge in [-0.15, -0.1) is 0 Å². The summed E-state index contributed by atoms with van der Waals surface area (Å²) in [6, 6.07) is 7.83. The molecule has 1 aliphatic heterocycles. The number of benzene rings is 1. The minimum Gasteiger partial charge on any atom is -0.387 e. The zero-order chi connectivity index (χ0) is 23.8. The molecule has 4 atom stereocenters. The Morgan fingerprint density at radius 1 is 1.21 bits per heavy atom. The van der Waals surface area contributed by atoms with Crippen molar-refractivity contribution in [3.8, 4) is 0 Å². The van der Waals surface area contributed by atoms with Gasteiger partial charge in [-0.05, 0) is 40.3 Å². The SMILES string of the molecule is O=C(NCC(F)(F)F)[C@H]1O[C@@H](n2cnc3c(NCc4cccc(I)c4)ncnc32)[C@H](O)[C@@H]1O. The molecule has 3 aromatic rings. The van der Waals surface area contributed by atoms with Gasteiger partial charge in [0.2, 0.25) is 0 Å². The predicted octanol–water partition coefficient (Wildman–Crippen LogP) is 1.34. The fourth-order valence-electron chi connectivity index (χ4n) is 3.39. The third-order valence-corrected chi connectivity index (χ3v) is 5.61. The molecule has 3 heterocycles. The van der Waals surface area contributed by atoms with Gasteiger partial charge in [0, 0.05) is 10.1 Å². The van der Waals surface area contributed by atoms with E-state index in [1.54, 1.807) is 5.32 Å². The fourth-order valence-corrected chi connectivity index (χ4v) is 4.00. The fraction of sp³-hybridized carbons (Fsp3) is 0.368. The molecule has 4 rings (SSSR count). The minimum absolute atomic E-state index is 0.239. The summed E-state index contributed by atoms with van der Waals surface area (Å²) in [6.07, 6.45) is -8.44. The van der Waals surface area contributed by atoms with Crippen molar-refractivity contribution in [1.29, 1.82) is 0 Å². The van der Waals surface area contributed by atoms with Crippen LogP contribution < -0.4 is 10.6 Å². The number of nitrogens with zero attached hydrogens (tertiary/aromatic N) is 4. The first-order chi connectivity index (χ1) is 15.6. The molecular formula is C19H18F3IN6O4. The van der Waals surface area contributed by atoms with Crippen LogP contribution in [-0.2, 0) is 16.1 Å². The highest BCUT2D eigenvalue weighted by atomic mass is 127. The quantitative estimate of drug-likeness (QED) is 0.322. The van der Waals surface area contributed by atoms with Crippen molar-refractivity contribution in [3.05, 3.63) is 46.1 Å². The summed E-state index contributed by atoms with van der Waals surface area (Å²) >= 11 is 2.21. The van der Waals surface area contributed by atoms with Crippen LogP contribution in [0.1, 0.15) is 11.8 Å². The summed E-state index contributed by atoms with van der Waals surface area (Å²) in [5, 5.41) is 25.4. The van der Waals surface area contributed by atoms with Crippen LogP contribution in [0.4, 0.5) is 19.0 Å². The summed E-state index contributed by atoms with van der Waals surface area (Å²) in [4.78, 5) is 24.6. The Bertz CT molecular complexity index is 1160. The first-order valence-corrected chi connectivity index (χ1v) is 10.7. The van der Waals surface area contributed by atoms with Gasteiger partial charge < -0.3 is 25.6 Å². The number of carbonyl (C=O) groups is 1. The van der Waals surface area contributed by atoms with E-state index in [4.69, 9.17) is 4.74 Å². The maximum absolute atomic E-state index is 12.4. The van der Waals surface area contributed by atoms with Crippen molar-refractivity contribution in [3.63, 3.8) is 0 Å². The number of hydrogen-bond donors (Lipinski definition) is 4. The Morgan fingerprint density at radius 3 is 2.73 bits per heavy atom. The van der Waals surface area contributed by atoms with Crippen molar-refractivity contribution in [2.24, 2.45) is 0 Å². The molecule has 33 heavy (non-hydrogen) atoms. The van der Waals surface area contributed by atoms with Gasteiger partial charge in [-0.2, -0.15) is 13.2 Å². The zero-order valence-electron chi connectivity index (χ0n) is 16.7. The summed E-state index contributed by atoms with van der Waals surface area (Å²) in [5.74, 6) is -0.787. The number of aliphatic hydroxyl groups excluding tert-OH is 2. The van der Waals surface area contributed by atoms with Gasteiger partial charge in [0.05, 0.1) is 6.33 Å². The summed E-state index contributed by atoms with van der Waals surface area (Å²) < 4.78 is 44.9. The van der Waals surface area contributed by atoms with Crippen LogP contribution in [0.2, 0.25) is 0 Å². The van der Waals surface area contributed by atoms with Gasteiger partial charge in [0.15, 0.2) is 29.3 Å². The number of alkyl halides is 3. The van der Waals surface area contributed by atoms with Gasteiger partial charge in [-0.1, -0.05) is 12.1 Å². The smallest absolute Gasteiger partial charge is 0.387 e. The van der Waals surface area contributed by atoms with Crippen molar-refractivity contribution in [2.75, 3.05) is 11.9 Å². The summed E-state index contributed by atoms with van der Waals surface area (Å²) in [6.45, 7) is -1.13. The molecule has 1 fully saturated rings. The molecule has 10 nitrogen and oxygen atoms in total. The maximum Gasteiger partial charge on any atom is 0.405 e. The molecule has 0 aliphatic carbocycles. The molecule has 4 N–H and O–H groups in total. The lowest BCUT2D eigenvalue weighted by atomic mass is 10.1. The molecule has 0 bridgehead atoms. The maximum atomic E-state index is 12.4. The number of nitrogens with one attached hydrogen (secondary N) is 2. The lowest BCUT2D eigenvalue weighted by molar-refractivity contribution is -0.149. The average Bonchev–Trinajstić information content (AvgIpc) is 3.32. The van der Waals surface area contributed by atoms with Gasteiger partial charge in [0.25, 0.3) is 5.91 Å². The number of rotatable bonds is 6. The lowest BCUT2D eigenvalue weighted by Gasteiger charge is -2.16. The predicted molar refractivity (Wildman–Crippen MR) is 117 cm³/mol. The van der Waals surface area contributed by atoms with Gasteiger partial charge in [-0.25, -0.2) is 15.0 Å². The second-order valence-electron chi connectivity index (χ2n) is 7.29. The van der Waals surface area contributed by atoms with Gasteiger partial charge >= 0.3 is 6.18 Å². The van der Waals surface area contributed by atoms with E-state index in [1.165, 1.54) is 17.2 Å². The van der Waals surface area contributed by atoms with E-state index in [9.17, 15) is 28.2 Å². The Kier molecular flexibility index (Phi) is 6.69. The Labute approximate surface area is 198 Å². The highest BCUT2D eigenvalue weighted by Gasteiger charge is 2.48. The van der Waals surface area contributed by atoms with Crippen molar-refractivity contribution >= 4 is 45.5 Å². The van der Waals surface area contributed by atoms with Crippen LogP contribution in [0, 0.1) is 3.57 Å².